The van der Waals surface area contributed by atoms with Gasteiger partial charge in [-0.25, -0.2) is 4.79 Å². The molecule has 0 aromatic carbocycles. The van der Waals surface area contributed by atoms with Crippen molar-refractivity contribution in [3.8, 4) is 0 Å². The minimum Gasteiger partial charge on any atom is -0.485 e. The fourth-order valence-electron chi connectivity index (χ4n) is 3.07. The number of aliphatic carboxylic acids is 1. The van der Waals surface area contributed by atoms with Crippen LogP contribution < -0.4 is 0 Å². The van der Waals surface area contributed by atoms with Crippen molar-refractivity contribution in [1.82, 2.24) is 0 Å². The Morgan fingerprint density at radius 3 is 2.58 bits per heavy atom. The summed E-state index contributed by atoms with van der Waals surface area (Å²) in [5.74, 6) is -4.40. The third kappa shape index (κ3) is 3.71. The smallest absolute Gasteiger partial charge is 0.371 e. The average molecular weight is 364 g/mol. The molecule has 1 aliphatic carbocycles. The largest absolute Gasteiger partial charge is 0.485 e. The molecule has 0 radical (unpaired) electrons. The summed E-state index contributed by atoms with van der Waals surface area (Å²) in [7, 11) is 0. The van der Waals surface area contributed by atoms with Crippen molar-refractivity contribution >= 4 is 23.5 Å². The van der Waals surface area contributed by atoms with Crippen molar-refractivity contribution in [2.24, 2.45) is 17.8 Å². The molecule has 0 bridgehead atoms. The predicted molar refractivity (Wildman–Crippen MR) is 91.0 cm³/mol. The van der Waals surface area contributed by atoms with Crippen molar-refractivity contribution in [2.75, 3.05) is 6.61 Å². The molecule has 4 atom stereocenters. The number of ketones is 2. The summed E-state index contributed by atoms with van der Waals surface area (Å²) < 4.78 is 10.4. The van der Waals surface area contributed by atoms with E-state index in [-0.39, 0.29) is 17.9 Å². The zero-order valence-corrected chi connectivity index (χ0v) is 15.4. The van der Waals surface area contributed by atoms with Crippen molar-refractivity contribution in [3.63, 3.8) is 0 Å². The standard InChI is InChI=1S/C19H24O7/c1-5-10(2)6-11(3)18(24)26-19(4)15(20)8-12-7-14(17(22)23)25-9-13(12)16(19)21/h7-8,10-11,13H,5-6,9H2,1-4H3,(H,22,23). The van der Waals surface area contributed by atoms with E-state index < -0.39 is 40.9 Å². The zero-order valence-electron chi connectivity index (χ0n) is 15.4. The molecule has 0 amide bonds. The monoisotopic (exact) mass is 364 g/mol. The number of fused-ring (bicyclic) bond motifs is 1. The molecular formula is C19H24O7. The Morgan fingerprint density at radius 2 is 2.00 bits per heavy atom. The van der Waals surface area contributed by atoms with Crippen LogP contribution in [0.1, 0.15) is 40.5 Å². The number of rotatable bonds is 6. The van der Waals surface area contributed by atoms with Gasteiger partial charge < -0.3 is 14.6 Å². The quantitative estimate of drug-likeness (QED) is 0.568. The lowest BCUT2D eigenvalue weighted by molar-refractivity contribution is -0.175. The van der Waals surface area contributed by atoms with Crippen LogP contribution in [0.4, 0.5) is 0 Å². The molecule has 1 heterocycles. The number of carbonyl (C=O) groups is 4. The average Bonchev–Trinajstić information content (AvgIpc) is 2.59. The molecule has 1 aliphatic heterocycles. The minimum absolute atomic E-state index is 0.203. The van der Waals surface area contributed by atoms with E-state index in [1.54, 1.807) is 6.92 Å². The summed E-state index contributed by atoms with van der Waals surface area (Å²) >= 11 is 0. The van der Waals surface area contributed by atoms with Gasteiger partial charge in [-0.05, 0) is 37.0 Å². The van der Waals surface area contributed by atoms with Crippen LogP contribution in [0.15, 0.2) is 23.5 Å². The van der Waals surface area contributed by atoms with Crippen molar-refractivity contribution in [3.05, 3.63) is 23.5 Å². The van der Waals surface area contributed by atoms with Crippen LogP contribution in [-0.2, 0) is 28.7 Å². The lowest BCUT2D eigenvalue weighted by Crippen LogP contribution is -2.54. The highest BCUT2D eigenvalue weighted by molar-refractivity contribution is 6.20. The summed E-state index contributed by atoms with van der Waals surface area (Å²) in [5.41, 5.74) is -1.64. The van der Waals surface area contributed by atoms with E-state index in [0.29, 0.717) is 12.3 Å². The highest BCUT2D eigenvalue weighted by Gasteiger charge is 2.52. The highest BCUT2D eigenvalue weighted by Crippen LogP contribution is 2.34. The molecule has 4 unspecified atom stereocenters. The fourth-order valence-corrected chi connectivity index (χ4v) is 3.07. The second-order valence-electron chi connectivity index (χ2n) is 7.15. The first-order valence-corrected chi connectivity index (χ1v) is 8.71. The molecular weight excluding hydrogens is 340 g/mol. The molecule has 142 valence electrons. The molecule has 0 saturated heterocycles. The van der Waals surface area contributed by atoms with Gasteiger partial charge in [-0.15, -0.1) is 0 Å². The van der Waals surface area contributed by atoms with E-state index in [2.05, 4.69) is 0 Å². The molecule has 0 saturated carbocycles. The summed E-state index contributed by atoms with van der Waals surface area (Å²) in [6.45, 7) is 6.83. The fraction of sp³-hybridized carbons (Fsp3) is 0.579. The Hall–Kier alpha value is -2.44. The summed E-state index contributed by atoms with van der Waals surface area (Å²) in [6.07, 6.45) is 3.85. The number of hydrogen-bond donors (Lipinski definition) is 1. The first-order valence-electron chi connectivity index (χ1n) is 8.71. The second kappa shape index (κ2) is 7.43. The number of hydrogen-bond acceptors (Lipinski definition) is 6. The molecule has 0 aromatic rings. The number of carboxylic acids is 1. The normalized spacial score (nSPS) is 27.5. The van der Waals surface area contributed by atoms with Crippen LogP contribution in [0, 0.1) is 17.8 Å². The summed E-state index contributed by atoms with van der Waals surface area (Å²) in [5, 5.41) is 8.98. The van der Waals surface area contributed by atoms with E-state index in [0.717, 1.165) is 6.42 Å². The number of Topliss-reactive ketones (excluding diaryl/α,β-unsaturated/α-hetero) is 1. The third-order valence-electron chi connectivity index (χ3n) is 5.03. The van der Waals surface area contributed by atoms with Crippen LogP contribution in [0.5, 0.6) is 0 Å². The summed E-state index contributed by atoms with van der Waals surface area (Å²) in [4.78, 5) is 48.7. The zero-order chi connectivity index (χ0) is 19.6. The topological polar surface area (TPSA) is 107 Å². The molecule has 0 fully saturated rings. The first-order chi connectivity index (χ1) is 12.1. The molecule has 2 aliphatic rings. The van der Waals surface area contributed by atoms with Crippen LogP contribution in [0.2, 0.25) is 0 Å². The van der Waals surface area contributed by atoms with Gasteiger partial charge in [0.05, 0.1) is 11.8 Å². The minimum atomic E-state index is -1.91. The van der Waals surface area contributed by atoms with E-state index in [9.17, 15) is 19.2 Å². The predicted octanol–water partition coefficient (Wildman–Crippen LogP) is 2.05. The van der Waals surface area contributed by atoms with E-state index in [4.69, 9.17) is 14.6 Å². The maximum Gasteiger partial charge on any atom is 0.371 e. The van der Waals surface area contributed by atoms with Crippen LogP contribution in [-0.4, -0.2) is 40.8 Å². The summed E-state index contributed by atoms with van der Waals surface area (Å²) in [6, 6.07) is 0. The van der Waals surface area contributed by atoms with Gasteiger partial charge in [0.15, 0.2) is 5.78 Å². The van der Waals surface area contributed by atoms with Gasteiger partial charge in [-0.2, -0.15) is 0 Å². The van der Waals surface area contributed by atoms with Crippen LogP contribution >= 0.6 is 0 Å². The Labute approximate surface area is 152 Å². The van der Waals surface area contributed by atoms with Crippen molar-refractivity contribution in [2.45, 2.75) is 46.1 Å². The Morgan fingerprint density at radius 1 is 1.35 bits per heavy atom. The van der Waals surface area contributed by atoms with Crippen molar-refractivity contribution < 1.29 is 33.8 Å². The molecule has 2 rings (SSSR count). The van der Waals surface area contributed by atoms with Crippen molar-refractivity contribution in [1.29, 1.82) is 0 Å². The molecule has 7 heteroatoms. The molecule has 1 N–H and O–H groups in total. The van der Waals surface area contributed by atoms with Gasteiger partial charge >= 0.3 is 11.9 Å². The third-order valence-corrected chi connectivity index (χ3v) is 5.03. The van der Waals surface area contributed by atoms with E-state index >= 15 is 0 Å². The Kier molecular flexibility index (Phi) is 5.68. The number of allylic oxidation sites excluding steroid dienone is 1. The lowest BCUT2D eigenvalue weighted by atomic mass is 9.76. The van der Waals surface area contributed by atoms with Gasteiger partial charge in [-0.1, -0.05) is 27.2 Å². The maximum atomic E-state index is 12.8. The second-order valence-corrected chi connectivity index (χ2v) is 7.15. The highest BCUT2D eigenvalue weighted by atomic mass is 16.6. The van der Waals surface area contributed by atoms with Gasteiger partial charge in [-0.3, -0.25) is 14.4 Å². The lowest BCUT2D eigenvalue weighted by Gasteiger charge is -2.36. The van der Waals surface area contributed by atoms with Crippen LogP contribution in [0.3, 0.4) is 0 Å². The van der Waals surface area contributed by atoms with E-state index in [1.807, 2.05) is 13.8 Å². The van der Waals surface area contributed by atoms with Gasteiger partial charge in [0.2, 0.25) is 17.1 Å². The first kappa shape index (κ1) is 19.9. The molecule has 7 nitrogen and oxygen atoms in total. The number of esters is 1. The number of carboxylic acid groups (broad SMARTS) is 1. The number of ether oxygens (including phenoxy) is 2. The maximum absolute atomic E-state index is 12.8. The molecule has 26 heavy (non-hydrogen) atoms. The Balaban J connectivity index is 2.23. The van der Waals surface area contributed by atoms with E-state index in [1.165, 1.54) is 19.1 Å². The van der Waals surface area contributed by atoms with Crippen LogP contribution in [0.25, 0.3) is 0 Å². The van der Waals surface area contributed by atoms with Gasteiger partial charge in [0.25, 0.3) is 0 Å². The molecule has 0 spiro atoms. The molecule has 0 aromatic heterocycles. The Bertz CT molecular complexity index is 703. The SMILES string of the molecule is CCC(C)CC(C)C(=O)OC1(C)C(=O)C=C2C=C(C(=O)O)OCC2C1=O. The van der Waals surface area contributed by atoms with Gasteiger partial charge in [0, 0.05) is 0 Å². The van der Waals surface area contributed by atoms with Gasteiger partial charge in [0.1, 0.15) is 6.61 Å². The number of carbonyl (C=O) groups excluding carboxylic acids is 3.